The minimum absolute atomic E-state index is 0.0174. The first kappa shape index (κ1) is 15.3. The number of H-pyrrole nitrogens is 1. The molecule has 0 spiro atoms. The molecule has 0 aliphatic heterocycles. The molecule has 1 aromatic rings. The van der Waals surface area contributed by atoms with Crippen molar-refractivity contribution in [3.05, 3.63) is 24.4 Å². The van der Waals surface area contributed by atoms with E-state index in [1.54, 1.807) is 7.05 Å². The fraction of sp³-hybridized carbons (Fsp3) is 0.533. The van der Waals surface area contributed by atoms with E-state index in [0.29, 0.717) is 11.7 Å². The number of carbonyl (C=O) groups is 2. The maximum absolute atomic E-state index is 11.8. The van der Waals surface area contributed by atoms with Crippen LogP contribution in [0.2, 0.25) is 0 Å². The lowest BCUT2D eigenvalue weighted by atomic mass is 9.87. The summed E-state index contributed by atoms with van der Waals surface area (Å²) in [6, 6.07) is 1.89. The molecule has 114 valence electrons. The van der Waals surface area contributed by atoms with Gasteiger partial charge in [0.25, 0.3) is 0 Å². The zero-order valence-electron chi connectivity index (χ0n) is 12.4. The van der Waals surface area contributed by atoms with Gasteiger partial charge in [0.1, 0.15) is 0 Å². The number of anilines is 1. The summed E-state index contributed by atoms with van der Waals surface area (Å²) in [7, 11) is 1.56. The molecule has 1 aromatic heterocycles. The third-order valence-corrected chi connectivity index (χ3v) is 3.84. The summed E-state index contributed by atoms with van der Waals surface area (Å²) in [4.78, 5) is 24.5. The topological polar surface area (TPSA) is 78.1 Å². The molecule has 0 radical (unpaired) electrons. The zero-order valence-corrected chi connectivity index (χ0v) is 12.4. The molecule has 1 aliphatic rings. The highest BCUT2D eigenvalue weighted by molar-refractivity contribution is 5.95. The number of hydrogen-bond acceptors (Lipinski definition) is 3. The number of aromatic amines is 1. The van der Waals surface area contributed by atoms with Crippen molar-refractivity contribution in [1.29, 1.82) is 0 Å². The Bertz CT molecular complexity index is 517. The smallest absolute Gasteiger partial charge is 0.246 e. The van der Waals surface area contributed by atoms with Gasteiger partial charge in [0, 0.05) is 24.7 Å². The molecule has 2 rings (SSSR count). The maximum atomic E-state index is 11.8. The summed E-state index contributed by atoms with van der Waals surface area (Å²) < 4.78 is 0. The monoisotopic (exact) mass is 290 g/mol. The number of rotatable bonds is 5. The second-order valence-corrected chi connectivity index (χ2v) is 5.49. The Kier molecular flexibility index (Phi) is 5.14. The van der Waals surface area contributed by atoms with E-state index in [-0.39, 0.29) is 18.4 Å². The van der Waals surface area contributed by atoms with Crippen LogP contribution in [0.15, 0.2) is 18.7 Å². The number of carbonyl (C=O) groups excluding carboxylic acids is 2. The summed E-state index contributed by atoms with van der Waals surface area (Å²) in [5.41, 5.74) is 1.08. The summed E-state index contributed by atoms with van der Waals surface area (Å²) >= 11 is 0. The molecule has 0 bridgehead atoms. The van der Waals surface area contributed by atoms with E-state index >= 15 is 0 Å². The van der Waals surface area contributed by atoms with Crippen LogP contribution in [0.4, 0.5) is 5.82 Å². The van der Waals surface area contributed by atoms with Crippen molar-refractivity contribution in [3.8, 4) is 0 Å². The Morgan fingerprint density at radius 3 is 2.86 bits per heavy atom. The molecular weight excluding hydrogens is 268 g/mol. The van der Waals surface area contributed by atoms with Gasteiger partial charge >= 0.3 is 0 Å². The second-order valence-electron chi connectivity index (χ2n) is 5.49. The van der Waals surface area contributed by atoms with Crippen LogP contribution in [0.3, 0.4) is 0 Å². The van der Waals surface area contributed by atoms with Crippen LogP contribution in [0, 0.1) is 0 Å². The molecule has 0 aromatic carbocycles. The Hall–Kier alpha value is -2.11. The third kappa shape index (κ3) is 4.18. The Labute approximate surface area is 124 Å². The van der Waals surface area contributed by atoms with Crippen molar-refractivity contribution >= 4 is 17.6 Å². The molecule has 1 fully saturated rings. The van der Waals surface area contributed by atoms with Crippen LogP contribution >= 0.6 is 0 Å². The molecule has 6 nitrogen and oxygen atoms in total. The standard InChI is InChI=1S/C15H22N4O2/c1-3-15(21)19(2)10-14(20)16-13-9-12(17-18-13)11-7-5-4-6-8-11/h3,9,11H,1,4-8,10H2,2H3,(H2,16,17,18,20). The molecule has 1 aliphatic carbocycles. The van der Waals surface area contributed by atoms with E-state index in [9.17, 15) is 9.59 Å². The largest absolute Gasteiger partial charge is 0.333 e. The molecule has 1 heterocycles. The van der Waals surface area contributed by atoms with Crippen molar-refractivity contribution in [3.63, 3.8) is 0 Å². The van der Waals surface area contributed by atoms with Gasteiger partial charge < -0.3 is 10.2 Å². The van der Waals surface area contributed by atoms with E-state index in [1.165, 1.54) is 43.1 Å². The van der Waals surface area contributed by atoms with Gasteiger partial charge in [-0.25, -0.2) is 0 Å². The Morgan fingerprint density at radius 2 is 2.19 bits per heavy atom. The Balaban J connectivity index is 1.88. The van der Waals surface area contributed by atoms with Crippen LogP contribution in [0.5, 0.6) is 0 Å². The molecule has 21 heavy (non-hydrogen) atoms. The van der Waals surface area contributed by atoms with E-state index in [4.69, 9.17) is 0 Å². The maximum Gasteiger partial charge on any atom is 0.246 e. The minimum atomic E-state index is -0.282. The van der Waals surface area contributed by atoms with Gasteiger partial charge in [0.15, 0.2) is 5.82 Å². The highest BCUT2D eigenvalue weighted by Gasteiger charge is 2.18. The van der Waals surface area contributed by atoms with E-state index in [2.05, 4.69) is 22.1 Å². The summed E-state index contributed by atoms with van der Waals surface area (Å²) in [6.07, 6.45) is 7.33. The second kappa shape index (κ2) is 7.06. The summed E-state index contributed by atoms with van der Waals surface area (Å²) in [5.74, 6) is 0.478. The average molecular weight is 290 g/mol. The Morgan fingerprint density at radius 1 is 1.48 bits per heavy atom. The fourth-order valence-corrected chi connectivity index (χ4v) is 2.65. The number of hydrogen-bond donors (Lipinski definition) is 2. The number of amides is 2. The number of nitrogens with one attached hydrogen (secondary N) is 2. The van der Waals surface area contributed by atoms with Crippen LogP contribution < -0.4 is 5.32 Å². The fourth-order valence-electron chi connectivity index (χ4n) is 2.65. The first-order valence-corrected chi connectivity index (χ1v) is 7.33. The quantitative estimate of drug-likeness (QED) is 0.815. The van der Waals surface area contributed by atoms with Crippen LogP contribution in [-0.4, -0.2) is 40.5 Å². The predicted octanol–water partition coefficient (Wildman–Crippen LogP) is 2.04. The first-order chi connectivity index (χ1) is 10.1. The number of likely N-dealkylation sites (N-methyl/N-ethyl adjacent to an activating group) is 1. The van der Waals surface area contributed by atoms with Crippen LogP contribution in [-0.2, 0) is 9.59 Å². The molecule has 0 atom stereocenters. The summed E-state index contributed by atoms with van der Waals surface area (Å²) in [6.45, 7) is 3.37. The van der Waals surface area contributed by atoms with Crippen molar-refractivity contribution in [2.45, 2.75) is 38.0 Å². The van der Waals surface area contributed by atoms with Crippen molar-refractivity contribution in [2.24, 2.45) is 0 Å². The van der Waals surface area contributed by atoms with Crippen molar-refractivity contribution in [1.82, 2.24) is 15.1 Å². The third-order valence-electron chi connectivity index (χ3n) is 3.84. The van der Waals surface area contributed by atoms with Gasteiger partial charge in [-0.15, -0.1) is 0 Å². The number of aromatic nitrogens is 2. The predicted molar refractivity (Wildman–Crippen MR) is 80.9 cm³/mol. The molecule has 2 N–H and O–H groups in total. The lowest BCUT2D eigenvalue weighted by Gasteiger charge is -2.19. The summed E-state index contributed by atoms with van der Waals surface area (Å²) in [5, 5.41) is 9.83. The molecular formula is C15H22N4O2. The molecule has 0 unspecified atom stereocenters. The first-order valence-electron chi connectivity index (χ1n) is 7.33. The molecule has 6 heteroatoms. The van der Waals surface area contributed by atoms with Gasteiger partial charge in [0.05, 0.1) is 6.54 Å². The van der Waals surface area contributed by atoms with E-state index in [0.717, 1.165) is 5.69 Å². The van der Waals surface area contributed by atoms with Gasteiger partial charge in [-0.1, -0.05) is 25.8 Å². The number of nitrogens with zero attached hydrogens (tertiary/aromatic N) is 2. The van der Waals surface area contributed by atoms with Gasteiger partial charge in [-0.3, -0.25) is 14.7 Å². The molecule has 2 amide bonds. The van der Waals surface area contributed by atoms with Crippen molar-refractivity contribution < 1.29 is 9.59 Å². The lowest BCUT2D eigenvalue weighted by molar-refractivity contribution is -0.129. The van der Waals surface area contributed by atoms with Crippen molar-refractivity contribution in [2.75, 3.05) is 18.9 Å². The normalized spacial score (nSPS) is 15.5. The minimum Gasteiger partial charge on any atom is -0.333 e. The van der Waals surface area contributed by atoms with E-state index < -0.39 is 0 Å². The highest BCUT2D eigenvalue weighted by Crippen LogP contribution is 2.32. The molecule has 1 saturated carbocycles. The highest BCUT2D eigenvalue weighted by atomic mass is 16.2. The zero-order chi connectivity index (χ0) is 15.2. The molecule has 0 saturated heterocycles. The lowest BCUT2D eigenvalue weighted by Crippen LogP contribution is -2.33. The van der Waals surface area contributed by atoms with Gasteiger partial charge in [-0.05, 0) is 18.9 Å². The average Bonchev–Trinajstić information content (AvgIpc) is 2.95. The van der Waals surface area contributed by atoms with Gasteiger partial charge in [0.2, 0.25) is 11.8 Å². The SMILES string of the molecule is C=CC(=O)N(C)CC(=O)Nc1cc(C2CCCCC2)[nH]n1. The van der Waals surface area contributed by atoms with E-state index in [1.807, 2.05) is 6.07 Å². The van der Waals surface area contributed by atoms with Crippen LogP contribution in [0.25, 0.3) is 0 Å². The van der Waals surface area contributed by atoms with Gasteiger partial charge in [-0.2, -0.15) is 5.10 Å². The van der Waals surface area contributed by atoms with Crippen LogP contribution in [0.1, 0.15) is 43.7 Å².